The molecule has 2 aliphatic rings. The Morgan fingerprint density at radius 1 is 0.717 bits per heavy atom. The van der Waals surface area contributed by atoms with E-state index >= 15 is 0 Å². The second kappa shape index (κ2) is 18.9. The van der Waals surface area contributed by atoms with E-state index in [0.717, 1.165) is 95.5 Å². The second-order valence-corrected chi connectivity index (χ2v) is 15.0. The Kier molecular flexibility index (Phi) is 14.6. The van der Waals surface area contributed by atoms with Crippen LogP contribution in [0.4, 0.5) is 0 Å². The SMILES string of the molecule is CCC1=C(C)C(/C=c2/[nH]/c(=C\c3[nH]c(/C=C4\NC(=O)C(C)=C4CCCCCCCCSC(C)=O)c(C)c3CCC(=O)O)c(CCC(=O)O)c2C)=NC1=O. The van der Waals surface area contributed by atoms with Gasteiger partial charge in [-0.3, -0.25) is 24.0 Å². The molecule has 4 heterocycles. The molecule has 0 bridgehead atoms. The molecule has 2 amide bonds. The predicted molar refractivity (Wildman–Crippen MR) is 210 cm³/mol. The van der Waals surface area contributed by atoms with Crippen LogP contribution in [0, 0.1) is 13.8 Å². The van der Waals surface area contributed by atoms with E-state index in [2.05, 4.69) is 20.3 Å². The molecule has 0 atom stereocenters. The average Bonchev–Trinajstić information content (AvgIpc) is 3.74. The number of aromatic nitrogens is 2. The number of carbonyl (C=O) groups excluding carboxylic acids is 3. The van der Waals surface area contributed by atoms with Crippen molar-refractivity contribution in [2.45, 2.75) is 119 Å². The summed E-state index contributed by atoms with van der Waals surface area (Å²) in [6.45, 7) is 11.1. The van der Waals surface area contributed by atoms with E-state index in [-0.39, 0.29) is 42.6 Å². The highest BCUT2D eigenvalue weighted by Gasteiger charge is 2.25. The molecule has 2 aliphatic heterocycles. The van der Waals surface area contributed by atoms with E-state index in [0.29, 0.717) is 39.7 Å². The molecule has 4 rings (SSSR count). The lowest BCUT2D eigenvalue weighted by Crippen LogP contribution is -2.15. The first-order valence-electron chi connectivity index (χ1n) is 18.5. The number of amides is 2. The number of carboxylic acids is 2. The Balaban J connectivity index is 1.68. The van der Waals surface area contributed by atoms with Gasteiger partial charge in [-0.1, -0.05) is 44.4 Å². The van der Waals surface area contributed by atoms with Crippen molar-refractivity contribution in [3.63, 3.8) is 0 Å². The minimum Gasteiger partial charge on any atom is -0.481 e. The summed E-state index contributed by atoms with van der Waals surface area (Å²) in [5, 5.41) is 23.7. The van der Waals surface area contributed by atoms with Gasteiger partial charge in [0.1, 0.15) is 0 Å². The van der Waals surface area contributed by atoms with E-state index in [1.807, 2.05) is 52.8 Å². The Morgan fingerprint density at radius 3 is 1.98 bits per heavy atom. The first kappa shape index (κ1) is 41.1. The van der Waals surface area contributed by atoms with Gasteiger partial charge in [0.15, 0.2) is 5.12 Å². The van der Waals surface area contributed by atoms with Crippen LogP contribution in [0.15, 0.2) is 33.0 Å². The van der Waals surface area contributed by atoms with Gasteiger partial charge in [-0.25, -0.2) is 4.99 Å². The summed E-state index contributed by atoms with van der Waals surface area (Å²) >= 11 is 1.38. The van der Waals surface area contributed by atoms with Gasteiger partial charge in [-0.2, -0.15) is 0 Å². The zero-order valence-electron chi connectivity index (χ0n) is 31.7. The fourth-order valence-electron chi connectivity index (χ4n) is 6.96. The zero-order chi connectivity index (χ0) is 38.8. The topological polar surface area (TPSA) is 182 Å². The van der Waals surface area contributed by atoms with Crippen molar-refractivity contribution in [2.75, 3.05) is 5.75 Å². The molecular weight excluding hydrogens is 693 g/mol. The minimum absolute atomic E-state index is 0.0833. The number of thioether (sulfide) groups is 1. The number of carboxylic acid groups (broad SMARTS) is 2. The lowest BCUT2D eigenvalue weighted by molar-refractivity contribution is -0.138. The highest BCUT2D eigenvalue weighted by atomic mass is 32.2. The molecule has 0 fully saturated rings. The molecule has 284 valence electrons. The maximum Gasteiger partial charge on any atom is 0.303 e. The number of nitrogens with one attached hydrogen (secondary N) is 3. The van der Waals surface area contributed by atoms with E-state index in [4.69, 9.17) is 0 Å². The standard InChI is InChI=1S/C41H52N4O7S/c1-7-28-23(2)34(44-41(28)52)20-32-24(3)30(15-17-38(47)48)35(42-32)22-36-31(16-18-39(49)50)25(4)33(43-36)21-37-29(26(5)40(51)45-37)14-12-10-8-9-11-13-19-53-27(6)46/h20-22,42-43H,7-19H2,1-6H3,(H,45,51)(H,47,48)(H,49,50)/b32-20+,35-22-,37-21-. The molecule has 0 spiro atoms. The van der Waals surface area contributed by atoms with Crippen molar-refractivity contribution < 1.29 is 34.2 Å². The lowest BCUT2D eigenvalue weighted by atomic mass is 9.99. The second-order valence-electron chi connectivity index (χ2n) is 13.8. The van der Waals surface area contributed by atoms with E-state index in [9.17, 15) is 34.2 Å². The molecule has 12 heteroatoms. The van der Waals surface area contributed by atoms with Crippen LogP contribution in [-0.4, -0.2) is 60.5 Å². The lowest BCUT2D eigenvalue weighted by Gasteiger charge is -2.07. The third kappa shape index (κ3) is 10.7. The van der Waals surface area contributed by atoms with Crippen LogP contribution in [0.25, 0.3) is 18.2 Å². The summed E-state index contributed by atoms with van der Waals surface area (Å²) in [6, 6.07) is 0. The quantitative estimate of drug-likeness (QED) is 0.107. The van der Waals surface area contributed by atoms with Gasteiger partial charge < -0.3 is 25.5 Å². The molecule has 0 unspecified atom stereocenters. The van der Waals surface area contributed by atoms with Crippen LogP contribution in [0.2, 0.25) is 0 Å². The average molecular weight is 745 g/mol. The number of nitrogens with zero attached hydrogens (tertiary/aromatic N) is 1. The number of unbranched alkanes of at least 4 members (excludes halogenated alkanes) is 5. The molecule has 11 nitrogen and oxygen atoms in total. The minimum atomic E-state index is -0.927. The van der Waals surface area contributed by atoms with Crippen LogP contribution in [0.1, 0.15) is 126 Å². The van der Waals surface area contributed by atoms with Crippen LogP contribution < -0.4 is 16.0 Å². The van der Waals surface area contributed by atoms with Gasteiger partial charge in [0.05, 0.1) is 5.71 Å². The number of hydrogen-bond acceptors (Lipinski definition) is 6. The fourth-order valence-corrected chi connectivity index (χ4v) is 7.60. The molecule has 5 N–H and O–H groups in total. The summed E-state index contributed by atoms with van der Waals surface area (Å²) in [6.07, 6.45) is 13.6. The van der Waals surface area contributed by atoms with Gasteiger partial charge in [-0.05, 0) is 118 Å². The van der Waals surface area contributed by atoms with Gasteiger partial charge in [0.2, 0.25) is 0 Å². The van der Waals surface area contributed by atoms with E-state index in [1.165, 1.54) is 11.8 Å². The van der Waals surface area contributed by atoms with E-state index in [1.54, 1.807) is 6.92 Å². The molecule has 2 aromatic rings. The van der Waals surface area contributed by atoms with E-state index < -0.39 is 11.9 Å². The Bertz CT molecular complexity index is 2040. The normalized spacial score (nSPS) is 16.1. The zero-order valence-corrected chi connectivity index (χ0v) is 32.5. The smallest absolute Gasteiger partial charge is 0.303 e. The van der Waals surface area contributed by atoms with Gasteiger partial charge >= 0.3 is 11.9 Å². The van der Waals surface area contributed by atoms with Crippen LogP contribution >= 0.6 is 11.8 Å². The number of carbonyl (C=O) groups is 5. The molecule has 0 saturated heterocycles. The predicted octanol–water partition coefficient (Wildman–Crippen LogP) is 6.11. The number of aliphatic imine (C=N–C) groups is 1. The fraction of sp³-hybridized carbons (Fsp3) is 0.463. The Hall–Kier alpha value is -4.71. The van der Waals surface area contributed by atoms with Gasteiger partial charge in [0, 0.05) is 64.4 Å². The summed E-state index contributed by atoms with van der Waals surface area (Å²) in [5.41, 5.74) is 9.20. The molecule has 0 radical (unpaired) electrons. The third-order valence-electron chi connectivity index (χ3n) is 10.1. The largest absolute Gasteiger partial charge is 0.481 e. The molecule has 0 saturated carbocycles. The first-order chi connectivity index (χ1) is 25.2. The highest BCUT2D eigenvalue weighted by molar-refractivity contribution is 8.13. The van der Waals surface area contributed by atoms with Crippen molar-refractivity contribution in [3.05, 3.63) is 72.3 Å². The maximum absolute atomic E-state index is 12.8. The van der Waals surface area contributed by atoms with Crippen molar-refractivity contribution >= 4 is 64.6 Å². The summed E-state index contributed by atoms with van der Waals surface area (Å²) in [4.78, 5) is 70.9. The molecule has 0 aliphatic carbocycles. The van der Waals surface area contributed by atoms with Crippen LogP contribution in [0.5, 0.6) is 0 Å². The summed E-state index contributed by atoms with van der Waals surface area (Å²) in [7, 11) is 0. The molecule has 0 aromatic carbocycles. The summed E-state index contributed by atoms with van der Waals surface area (Å²) < 4.78 is 0. The van der Waals surface area contributed by atoms with Gasteiger partial charge in [0.25, 0.3) is 11.8 Å². The van der Waals surface area contributed by atoms with Gasteiger partial charge in [-0.15, -0.1) is 0 Å². The Labute approximate surface area is 314 Å². The number of allylic oxidation sites excluding steroid dienone is 2. The monoisotopic (exact) mass is 744 g/mol. The van der Waals surface area contributed by atoms with Crippen LogP contribution in [-0.2, 0) is 36.8 Å². The molecule has 2 aromatic heterocycles. The number of H-pyrrole nitrogens is 2. The molecular formula is C41H52N4O7S. The third-order valence-corrected chi connectivity index (χ3v) is 11.0. The number of rotatable bonds is 19. The van der Waals surface area contributed by atoms with Crippen molar-refractivity contribution in [1.29, 1.82) is 0 Å². The van der Waals surface area contributed by atoms with Crippen molar-refractivity contribution in [1.82, 2.24) is 15.3 Å². The maximum atomic E-state index is 12.8. The summed E-state index contributed by atoms with van der Waals surface area (Å²) in [5.74, 6) is -1.36. The number of aliphatic carboxylic acids is 2. The first-order valence-corrected chi connectivity index (χ1v) is 19.5. The Morgan fingerprint density at radius 2 is 1.36 bits per heavy atom. The number of hydrogen-bond donors (Lipinski definition) is 5. The number of aromatic amines is 2. The van der Waals surface area contributed by atoms with Crippen molar-refractivity contribution in [2.24, 2.45) is 4.99 Å². The highest BCUT2D eigenvalue weighted by Crippen LogP contribution is 2.30. The van der Waals surface area contributed by atoms with Crippen LogP contribution in [0.3, 0.4) is 0 Å². The van der Waals surface area contributed by atoms with Crippen molar-refractivity contribution in [3.8, 4) is 0 Å². The molecule has 53 heavy (non-hydrogen) atoms.